The smallest absolute Gasteiger partial charge is 0.263 e. The van der Waals surface area contributed by atoms with E-state index in [1.165, 1.54) is 0 Å². The van der Waals surface area contributed by atoms with E-state index in [2.05, 4.69) is 25.7 Å². The molecule has 0 bridgehead atoms. The Morgan fingerprint density at radius 1 is 0.923 bits per heavy atom. The van der Waals surface area contributed by atoms with Crippen molar-refractivity contribution in [3.05, 3.63) is 78.5 Å². The van der Waals surface area contributed by atoms with Crippen LogP contribution in [0.15, 0.2) is 78.0 Å². The van der Waals surface area contributed by atoms with Crippen molar-refractivity contribution in [2.45, 2.75) is 0 Å². The van der Waals surface area contributed by atoms with Gasteiger partial charge < -0.3 is 5.11 Å². The summed E-state index contributed by atoms with van der Waals surface area (Å²) in [6.07, 6.45) is 3.15. The Labute approximate surface area is 149 Å². The zero-order valence-electron chi connectivity index (χ0n) is 13.7. The number of hydrazone groups is 1. The summed E-state index contributed by atoms with van der Waals surface area (Å²) in [6.45, 7) is 0. The minimum absolute atomic E-state index is 0.159. The molecular formula is C20H15N5O. The molecule has 0 aliphatic heterocycles. The number of phenols is 1. The van der Waals surface area contributed by atoms with E-state index in [4.69, 9.17) is 0 Å². The second kappa shape index (κ2) is 6.98. The SMILES string of the molecule is Oc1ccc2ccccc2c1/C=N\Nc1nncc(-c2ccccc2)n1. The average molecular weight is 341 g/mol. The van der Waals surface area contributed by atoms with Gasteiger partial charge in [0.1, 0.15) is 5.75 Å². The number of aromatic nitrogens is 3. The van der Waals surface area contributed by atoms with Crippen molar-refractivity contribution in [2.75, 3.05) is 5.43 Å². The minimum atomic E-state index is 0.159. The van der Waals surface area contributed by atoms with Crippen molar-refractivity contribution in [3.8, 4) is 17.0 Å². The highest BCUT2D eigenvalue weighted by molar-refractivity contribution is 6.02. The first-order chi connectivity index (χ1) is 12.8. The van der Waals surface area contributed by atoms with Gasteiger partial charge in [-0.05, 0) is 16.8 Å². The number of rotatable bonds is 4. The van der Waals surface area contributed by atoms with Crippen LogP contribution in [0.3, 0.4) is 0 Å². The first-order valence-electron chi connectivity index (χ1n) is 8.06. The van der Waals surface area contributed by atoms with Gasteiger partial charge in [0.2, 0.25) is 0 Å². The summed E-state index contributed by atoms with van der Waals surface area (Å²) in [5.74, 6) is 0.439. The van der Waals surface area contributed by atoms with Crippen LogP contribution < -0.4 is 5.43 Å². The molecule has 6 nitrogen and oxygen atoms in total. The van der Waals surface area contributed by atoms with Gasteiger partial charge in [-0.15, -0.1) is 5.10 Å². The van der Waals surface area contributed by atoms with E-state index in [9.17, 15) is 5.11 Å². The second-order valence-electron chi connectivity index (χ2n) is 5.62. The summed E-state index contributed by atoms with van der Waals surface area (Å²) in [4.78, 5) is 4.40. The monoisotopic (exact) mass is 341 g/mol. The van der Waals surface area contributed by atoms with Crippen LogP contribution in [0.1, 0.15) is 5.56 Å². The molecule has 0 fully saturated rings. The largest absolute Gasteiger partial charge is 0.507 e. The predicted molar refractivity (Wildman–Crippen MR) is 102 cm³/mol. The first kappa shape index (κ1) is 15.7. The van der Waals surface area contributed by atoms with E-state index in [0.717, 1.165) is 16.3 Å². The molecule has 1 heterocycles. The standard InChI is InChI=1S/C20H15N5O/c26-19-11-10-14-6-4-5-9-16(14)17(19)12-21-24-20-23-18(13-22-25-20)15-7-2-1-3-8-15/h1-13,26H,(H,23,24,25)/b21-12-. The fourth-order valence-electron chi connectivity index (χ4n) is 2.67. The van der Waals surface area contributed by atoms with Crippen molar-refractivity contribution in [2.24, 2.45) is 5.10 Å². The fourth-order valence-corrected chi connectivity index (χ4v) is 2.67. The molecule has 0 radical (unpaired) electrons. The Balaban J connectivity index is 1.59. The van der Waals surface area contributed by atoms with Crippen LogP contribution in [0.2, 0.25) is 0 Å². The van der Waals surface area contributed by atoms with Crippen molar-refractivity contribution < 1.29 is 5.11 Å². The number of nitrogens with zero attached hydrogens (tertiary/aromatic N) is 4. The van der Waals surface area contributed by atoms with Gasteiger partial charge in [-0.1, -0.05) is 60.7 Å². The molecule has 6 heteroatoms. The van der Waals surface area contributed by atoms with Crippen LogP contribution in [-0.4, -0.2) is 26.5 Å². The number of aromatic hydroxyl groups is 1. The zero-order valence-corrected chi connectivity index (χ0v) is 13.7. The third-order valence-corrected chi connectivity index (χ3v) is 3.93. The Hall–Kier alpha value is -3.80. The normalized spacial score (nSPS) is 11.1. The zero-order chi connectivity index (χ0) is 17.8. The van der Waals surface area contributed by atoms with Crippen molar-refractivity contribution in [3.63, 3.8) is 0 Å². The number of nitrogens with one attached hydrogen (secondary N) is 1. The maximum Gasteiger partial charge on any atom is 0.263 e. The van der Waals surface area contributed by atoms with Crippen molar-refractivity contribution in [1.29, 1.82) is 0 Å². The molecule has 0 saturated heterocycles. The van der Waals surface area contributed by atoms with Crippen molar-refractivity contribution >= 4 is 22.9 Å². The highest BCUT2D eigenvalue weighted by atomic mass is 16.3. The van der Waals surface area contributed by atoms with Gasteiger partial charge in [0.15, 0.2) is 0 Å². The molecule has 1 aromatic heterocycles. The molecule has 0 saturated carbocycles. The fraction of sp³-hybridized carbons (Fsp3) is 0. The Kier molecular flexibility index (Phi) is 4.22. The molecule has 4 aromatic rings. The summed E-state index contributed by atoms with van der Waals surface area (Å²) in [5.41, 5.74) is 5.04. The summed E-state index contributed by atoms with van der Waals surface area (Å²) in [7, 11) is 0. The van der Waals surface area contributed by atoms with E-state index < -0.39 is 0 Å². The van der Waals surface area contributed by atoms with Crippen LogP contribution in [0.5, 0.6) is 5.75 Å². The van der Waals surface area contributed by atoms with Crippen LogP contribution in [-0.2, 0) is 0 Å². The van der Waals surface area contributed by atoms with Crippen LogP contribution >= 0.6 is 0 Å². The van der Waals surface area contributed by atoms with E-state index in [1.807, 2.05) is 60.7 Å². The number of fused-ring (bicyclic) bond motifs is 1. The predicted octanol–water partition coefficient (Wildman–Crippen LogP) is 3.84. The molecule has 2 N–H and O–H groups in total. The van der Waals surface area contributed by atoms with Crippen LogP contribution in [0, 0.1) is 0 Å². The van der Waals surface area contributed by atoms with E-state index in [1.54, 1.807) is 18.5 Å². The van der Waals surface area contributed by atoms with Gasteiger partial charge in [0.25, 0.3) is 5.95 Å². The molecule has 4 rings (SSSR count). The maximum absolute atomic E-state index is 10.1. The summed E-state index contributed by atoms with van der Waals surface area (Å²) in [5, 5.41) is 24.1. The maximum atomic E-state index is 10.1. The van der Waals surface area contributed by atoms with E-state index >= 15 is 0 Å². The minimum Gasteiger partial charge on any atom is -0.507 e. The average Bonchev–Trinajstić information content (AvgIpc) is 2.70. The molecule has 0 aliphatic rings. The van der Waals surface area contributed by atoms with Gasteiger partial charge in [0.05, 0.1) is 18.1 Å². The summed E-state index contributed by atoms with van der Waals surface area (Å²) < 4.78 is 0. The lowest BCUT2D eigenvalue weighted by atomic mass is 10.0. The quantitative estimate of drug-likeness (QED) is 0.435. The number of phenolic OH excluding ortho intramolecular Hbond substituents is 1. The number of benzene rings is 3. The Morgan fingerprint density at radius 2 is 1.73 bits per heavy atom. The molecule has 0 amide bonds. The lowest BCUT2D eigenvalue weighted by Crippen LogP contribution is -2.00. The topological polar surface area (TPSA) is 83.3 Å². The molecule has 0 unspecified atom stereocenters. The van der Waals surface area contributed by atoms with Gasteiger partial charge in [-0.2, -0.15) is 10.2 Å². The third-order valence-electron chi connectivity index (χ3n) is 3.93. The van der Waals surface area contributed by atoms with Gasteiger partial charge in [-0.25, -0.2) is 10.4 Å². The number of hydrogen-bond acceptors (Lipinski definition) is 6. The first-order valence-corrected chi connectivity index (χ1v) is 8.06. The van der Waals surface area contributed by atoms with E-state index in [0.29, 0.717) is 11.3 Å². The third kappa shape index (κ3) is 3.21. The Bertz CT molecular complexity index is 1080. The molecule has 0 spiro atoms. The highest BCUT2D eigenvalue weighted by Gasteiger charge is 2.05. The van der Waals surface area contributed by atoms with Gasteiger partial charge in [0, 0.05) is 11.1 Å². The van der Waals surface area contributed by atoms with Gasteiger partial charge in [-0.3, -0.25) is 0 Å². The lowest BCUT2D eigenvalue weighted by molar-refractivity contribution is 0.475. The molecule has 126 valence electrons. The second-order valence-corrected chi connectivity index (χ2v) is 5.62. The van der Waals surface area contributed by atoms with E-state index in [-0.39, 0.29) is 11.7 Å². The Morgan fingerprint density at radius 3 is 2.62 bits per heavy atom. The molecule has 0 aliphatic carbocycles. The summed E-state index contributed by atoms with van der Waals surface area (Å²) >= 11 is 0. The molecular weight excluding hydrogens is 326 g/mol. The van der Waals surface area contributed by atoms with Gasteiger partial charge >= 0.3 is 0 Å². The molecule has 3 aromatic carbocycles. The van der Waals surface area contributed by atoms with Crippen LogP contribution in [0.4, 0.5) is 5.95 Å². The number of anilines is 1. The molecule has 26 heavy (non-hydrogen) atoms. The van der Waals surface area contributed by atoms with Crippen molar-refractivity contribution in [1.82, 2.24) is 15.2 Å². The highest BCUT2D eigenvalue weighted by Crippen LogP contribution is 2.25. The summed E-state index contributed by atoms with van der Waals surface area (Å²) in [6, 6.07) is 21.0. The lowest BCUT2D eigenvalue weighted by Gasteiger charge is -2.05. The number of hydrogen-bond donors (Lipinski definition) is 2. The van der Waals surface area contributed by atoms with Crippen LogP contribution in [0.25, 0.3) is 22.0 Å². The molecule has 0 atom stereocenters.